The van der Waals surface area contributed by atoms with Crippen molar-refractivity contribution in [1.29, 1.82) is 0 Å². The van der Waals surface area contributed by atoms with Gasteiger partial charge in [0.05, 0.1) is 22.1 Å². The highest BCUT2D eigenvalue weighted by atomic mass is 32.2. The number of nitrogens with zero attached hydrogens (tertiary/aromatic N) is 1. The third-order valence-electron chi connectivity index (χ3n) is 13.3. The number of sulfone groups is 1. The molecule has 0 radical (unpaired) electrons. The normalized spacial score (nSPS) is 28.4. The molecule has 3 saturated carbocycles. The van der Waals surface area contributed by atoms with Gasteiger partial charge in [0.25, 0.3) is 5.91 Å². The Bertz CT molecular complexity index is 1500. The number of amides is 5. The number of rotatable bonds is 15. The Morgan fingerprint density at radius 3 is 2.06 bits per heavy atom. The van der Waals surface area contributed by atoms with Crippen molar-refractivity contribution >= 4 is 39.4 Å². The van der Waals surface area contributed by atoms with Gasteiger partial charge in [-0.05, 0) is 94.3 Å². The Morgan fingerprint density at radius 1 is 0.907 bits per heavy atom. The number of hydrogen-bond acceptors (Lipinski definition) is 7. The maximum atomic E-state index is 15.0. The molecule has 0 spiro atoms. The SMILES string of the molecule is C=CCNC(=O)C(=O)C(CC1CC1)NC(=O)[C@@H]1[C@@H](C(C)C)CCN1C(=O)[C@@H](NC(=O)NC1(CS(=O)(=O)C(C)(C)C)[C@H](C)CCC[C@@H]1C)C1(C)CCCCC1. The first-order chi connectivity index (χ1) is 25.2. The number of carbonyl (C=O) groups excluding carboxylic acids is 5. The van der Waals surface area contributed by atoms with Gasteiger partial charge in [0.2, 0.25) is 17.6 Å². The molecule has 4 fully saturated rings. The molecule has 4 aliphatic rings. The first-order valence-corrected chi connectivity index (χ1v) is 22.2. The molecule has 0 bridgehead atoms. The van der Waals surface area contributed by atoms with Gasteiger partial charge in [-0.15, -0.1) is 6.58 Å². The predicted octanol–water partition coefficient (Wildman–Crippen LogP) is 5.06. The summed E-state index contributed by atoms with van der Waals surface area (Å²) in [4.78, 5) is 71.4. The van der Waals surface area contributed by atoms with Crippen LogP contribution in [0.4, 0.5) is 4.79 Å². The molecule has 4 rings (SSSR count). The summed E-state index contributed by atoms with van der Waals surface area (Å²) in [6.07, 6.45) is 10.9. The molecule has 306 valence electrons. The molecule has 12 nitrogen and oxygen atoms in total. The summed E-state index contributed by atoms with van der Waals surface area (Å²) in [5, 5.41) is 11.7. The summed E-state index contributed by atoms with van der Waals surface area (Å²) >= 11 is 0. The highest BCUT2D eigenvalue weighted by Gasteiger charge is 2.53. The molecule has 5 amide bonds. The molecular formula is C41H69N5O7S. The molecule has 0 aromatic rings. The molecular weight excluding hydrogens is 707 g/mol. The lowest BCUT2D eigenvalue weighted by atomic mass is 9.68. The Hall–Kier alpha value is -2.96. The Kier molecular flexibility index (Phi) is 14.1. The summed E-state index contributed by atoms with van der Waals surface area (Å²) in [7, 11) is -3.63. The molecule has 4 N–H and O–H groups in total. The quantitative estimate of drug-likeness (QED) is 0.133. The molecule has 7 atom stereocenters. The fourth-order valence-electron chi connectivity index (χ4n) is 9.24. The third kappa shape index (κ3) is 9.88. The van der Waals surface area contributed by atoms with E-state index in [1.54, 1.807) is 25.7 Å². The zero-order chi connectivity index (χ0) is 40.2. The third-order valence-corrected chi connectivity index (χ3v) is 16.1. The second-order valence-electron chi connectivity index (χ2n) is 18.7. The van der Waals surface area contributed by atoms with E-state index in [-0.39, 0.29) is 47.8 Å². The highest BCUT2D eigenvalue weighted by Crippen LogP contribution is 2.43. The average Bonchev–Trinajstić information content (AvgIpc) is 3.80. The van der Waals surface area contributed by atoms with E-state index in [1.807, 2.05) is 34.6 Å². The minimum Gasteiger partial charge on any atom is -0.346 e. The second kappa shape index (κ2) is 17.5. The molecule has 1 heterocycles. The van der Waals surface area contributed by atoms with Crippen LogP contribution in [0.2, 0.25) is 0 Å². The summed E-state index contributed by atoms with van der Waals surface area (Å²) in [5.41, 5.74) is -1.64. The lowest BCUT2D eigenvalue weighted by Crippen LogP contribution is -2.68. The maximum absolute atomic E-state index is 15.0. The van der Waals surface area contributed by atoms with Crippen LogP contribution in [0.3, 0.4) is 0 Å². The minimum absolute atomic E-state index is 0.0332. The zero-order valence-electron chi connectivity index (χ0n) is 34.2. The minimum atomic E-state index is -3.63. The van der Waals surface area contributed by atoms with Crippen molar-refractivity contribution in [2.24, 2.45) is 35.0 Å². The van der Waals surface area contributed by atoms with Gasteiger partial charge in [-0.25, -0.2) is 13.2 Å². The number of nitrogens with one attached hydrogen (secondary N) is 4. The van der Waals surface area contributed by atoms with Gasteiger partial charge in [-0.2, -0.15) is 0 Å². The van der Waals surface area contributed by atoms with Gasteiger partial charge in [-0.3, -0.25) is 19.2 Å². The van der Waals surface area contributed by atoms with Crippen LogP contribution >= 0.6 is 0 Å². The average molecular weight is 776 g/mol. The molecule has 2 unspecified atom stereocenters. The first-order valence-electron chi connectivity index (χ1n) is 20.5. The topological polar surface area (TPSA) is 171 Å². The van der Waals surface area contributed by atoms with Gasteiger partial charge >= 0.3 is 6.03 Å². The molecule has 1 saturated heterocycles. The number of carbonyl (C=O) groups is 5. The predicted molar refractivity (Wildman–Crippen MR) is 211 cm³/mol. The number of hydrogen-bond donors (Lipinski definition) is 4. The lowest BCUT2D eigenvalue weighted by Gasteiger charge is -2.49. The smallest absolute Gasteiger partial charge is 0.315 e. The van der Waals surface area contributed by atoms with Gasteiger partial charge in [0, 0.05) is 13.1 Å². The molecule has 0 aromatic heterocycles. The summed E-state index contributed by atoms with van der Waals surface area (Å²) in [5.74, 6) is -2.69. The fourth-order valence-corrected chi connectivity index (χ4v) is 10.9. The van der Waals surface area contributed by atoms with Crippen LogP contribution in [0.5, 0.6) is 0 Å². The van der Waals surface area contributed by atoms with Crippen LogP contribution in [0, 0.1) is 35.0 Å². The standard InChI is InChI=1S/C41H69N5O7S/c1-10-22-42-36(49)33(47)31(24-29-17-18-29)43-35(48)32-30(26(2)3)19-23-46(32)37(50)34(40(9)20-12-11-13-21-40)44-38(51)45-41(25-54(52,53)39(6,7)8)27(4)15-14-16-28(41)5/h10,26-32,34H,1,11-25H2,2-9H3,(H,42,49)(H,43,48)(H2,44,45,51)/t27-,28+,30-,31?,32+,34-,41?/m1/s1. The number of likely N-dealkylation sites (tertiary alicyclic amines) is 1. The fraction of sp³-hybridized carbons (Fsp3) is 0.829. The highest BCUT2D eigenvalue weighted by molar-refractivity contribution is 7.92. The van der Waals surface area contributed by atoms with Crippen LogP contribution in [0.25, 0.3) is 0 Å². The van der Waals surface area contributed by atoms with Crippen LogP contribution in [0.15, 0.2) is 12.7 Å². The van der Waals surface area contributed by atoms with E-state index >= 15 is 4.79 Å². The molecule has 3 aliphatic carbocycles. The lowest BCUT2D eigenvalue weighted by molar-refractivity contribution is -0.145. The van der Waals surface area contributed by atoms with Crippen molar-refractivity contribution in [3.8, 4) is 0 Å². The summed E-state index contributed by atoms with van der Waals surface area (Å²) in [6, 6.07) is -3.47. The zero-order valence-corrected chi connectivity index (χ0v) is 35.0. The van der Waals surface area contributed by atoms with E-state index in [0.29, 0.717) is 32.2 Å². The summed E-state index contributed by atoms with van der Waals surface area (Å²) in [6.45, 7) is 19.1. The van der Waals surface area contributed by atoms with Crippen molar-refractivity contribution in [3.05, 3.63) is 12.7 Å². The monoisotopic (exact) mass is 775 g/mol. The van der Waals surface area contributed by atoms with Crippen LogP contribution < -0.4 is 21.3 Å². The van der Waals surface area contributed by atoms with Gasteiger partial charge in [0.15, 0.2) is 9.84 Å². The molecule has 13 heteroatoms. The van der Waals surface area contributed by atoms with Gasteiger partial charge in [-0.1, -0.05) is 79.2 Å². The summed E-state index contributed by atoms with van der Waals surface area (Å²) < 4.78 is 26.5. The Morgan fingerprint density at radius 2 is 1.52 bits per heavy atom. The Balaban J connectivity index is 1.66. The molecule has 0 aromatic carbocycles. The Labute approximate surface area is 324 Å². The van der Waals surface area contributed by atoms with Crippen LogP contribution in [0.1, 0.15) is 132 Å². The molecule has 54 heavy (non-hydrogen) atoms. The molecule has 1 aliphatic heterocycles. The van der Waals surface area contributed by atoms with Crippen LogP contribution in [-0.4, -0.2) is 90.1 Å². The van der Waals surface area contributed by atoms with E-state index in [2.05, 4.69) is 27.8 Å². The first kappa shape index (κ1) is 43.8. The van der Waals surface area contributed by atoms with Crippen molar-refractivity contribution in [2.75, 3.05) is 18.8 Å². The van der Waals surface area contributed by atoms with E-state index in [4.69, 9.17) is 0 Å². The number of ketones is 1. The second-order valence-corrected chi connectivity index (χ2v) is 21.4. The van der Waals surface area contributed by atoms with E-state index in [9.17, 15) is 27.6 Å². The number of Topliss-reactive ketones (excluding diaryl/α,β-unsaturated/α-hetero) is 1. The van der Waals surface area contributed by atoms with Gasteiger partial charge in [0.1, 0.15) is 12.1 Å². The van der Waals surface area contributed by atoms with Crippen molar-refractivity contribution in [3.63, 3.8) is 0 Å². The maximum Gasteiger partial charge on any atom is 0.315 e. The van der Waals surface area contributed by atoms with Crippen LogP contribution in [-0.2, 0) is 29.0 Å². The van der Waals surface area contributed by atoms with Crippen molar-refractivity contribution in [2.45, 2.75) is 161 Å². The van der Waals surface area contributed by atoms with E-state index < -0.39 is 67.3 Å². The largest absolute Gasteiger partial charge is 0.346 e. The van der Waals surface area contributed by atoms with Crippen molar-refractivity contribution < 1.29 is 32.4 Å². The van der Waals surface area contributed by atoms with Crippen molar-refractivity contribution in [1.82, 2.24) is 26.2 Å². The number of urea groups is 1. The van der Waals surface area contributed by atoms with E-state index in [1.165, 1.54) is 6.08 Å². The van der Waals surface area contributed by atoms with Gasteiger partial charge < -0.3 is 26.2 Å². The van der Waals surface area contributed by atoms with E-state index in [0.717, 1.165) is 51.4 Å².